The smallest absolute Gasteiger partial charge is 0.159 e. The zero-order valence-corrected chi connectivity index (χ0v) is 26.7. The highest BCUT2D eigenvalue weighted by Gasteiger charge is 2.38. The molecule has 0 unspecified atom stereocenters. The Bertz CT molecular complexity index is 2730. The molecular formula is C45H31NO2. The SMILES string of the molecule is CC1(C)c2ccccc2-c2c(N(c3ccccc3-c3cccc4oc5ccccc5c34)c3cccc4c3oc3ccccc34)cccc21. The Balaban J connectivity index is 1.33. The standard InChI is InChI=1S/C45H31NO2/c1-45(2)34-20-7-3-16-32(34)43-35(45)21-13-23-37(43)46(38-24-11-19-31-29-15-5-9-25-39(29)48-44(31)38)36-22-8-4-14-28(36)30-18-12-27-41-42(30)33-17-6-10-26-40(33)47-41/h3-27H,1-2H3. The van der Waals surface area contributed by atoms with Crippen LogP contribution in [0, 0.1) is 0 Å². The average molecular weight is 618 g/mol. The van der Waals surface area contributed by atoms with Gasteiger partial charge in [0.05, 0.1) is 17.1 Å². The number of anilines is 3. The molecule has 0 aliphatic heterocycles. The normalized spacial score (nSPS) is 13.4. The van der Waals surface area contributed by atoms with E-state index >= 15 is 0 Å². The highest BCUT2D eigenvalue weighted by atomic mass is 16.3. The molecule has 1 aliphatic rings. The third-order valence-electron chi connectivity index (χ3n) is 10.3. The van der Waals surface area contributed by atoms with Gasteiger partial charge in [-0.05, 0) is 58.7 Å². The lowest BCUT2D eigenvalue weighted by Crippen LogP contribution is -2.16. The van der Waals surface area contributed by atoms with Crippen LogP contribution in [-0.2, 0) is 5.41 Å². The summed E-state index contributed by atoms with van der Waals surface area (Å²) in [7, 11) is 0. The maximum absolute atomic E-state index is 6.74. The fourth-order valence-electron chi connectivity index (χ4n) is 8.11. The first-order valence-corrected chi connectivity index (χ1v) is 16.5. The predicted octanol–water partition coefficient (Wildman–Crippen LogP) is 12.9. The molecule has 0 N–H and O–H groups in total. The number of nitrogens with zero attached hydrogens (tertiary/aromatic N) is 1. The second-order valence-electron chi connectivity index (χ2n) is 13.3. The van der Waals surface area contributed by atoms with E-state index in [0.29, 0.717) is 0 Å². The van der Waals surface area contributed by atoms with Crippen LogP contribution in [0.3, 0.4) is 0 Å². The molecule has 0 atom stereocenters. The minimum atomic E-state index is -0.139. The molecule has 0 bridgehead atoms. The summed E-state index contributed by atoms with van der Waals surface area (Å²) in [5, 5.41) is 4.44. The van der Waals surface area contributed by atoms with Crippen molar-refractivity contribution in [2.24, 2.45) is 0 Å². The maximum Gasteiger partial charge on any atom is 0.159 e. The van der Waals surface area contributed by atoms with E-state index in [1.54, 1.807) is 0 Å². The van der Waals surface area contributed by atoms with Crippen molar-refractivity contribution in [1.82, 2.24) is 0 Å². The van der Waals surface area contributed by atoms with Gasteiger partial charge in [-0.2, -0.15) is 0 Å². The Kier molecular flexibility index (Phi) is 5.63. The van der Waals surface area contributed by atoms with E-state index in [0.717, 1.165) is 72.1 Å². The second kappa shape index (κ2) is 9.97. The Morgan fingerprint density at radius 1 is 0.417 bits per heavy atom. The van der Waals surface area contributed by atoms with E-state index in [9.17, 15) is 0 Å². The summed E-state index contributed by atoms with van der Waals surface area (Å²) in [6.07, 6.45) is 0. The highest BCUT2D eigenvalue weighted by Crippen LogP contribution is 2.56. The first-order valence-electron chi connectivity index (χ1n) is 16.5. The molecule has 228 valence electrons. The lowest BCUT2D eigenvalue weighted by molar-refractivity contribution is 0.660. The van der Waals surface area contributed by atoms with Crippen molar-refractivity contribution >= 4 is 60.9 Å². The lowest BCUT2D eigenvalue weighted by atomic mass is 9.82. The van der Waals surface area contributed by atoms with Gasteiger partial charge >= 0.3 is 0 Å². The number of furan rings is 2. The number of benzene rings is 7. The van der Waals surface area contributed by atoms with Crippen LogP contribution >= 0.6 is 0 Å². The van der Waals surface area contributed by atoms with Gasteiger partial charge in [-0.15, -0.1) is 0 Å². The predicted molar refractivity (Wildman–Crippen MR) is 199 cm³/mol. The number of hydrogen-bond acceptors (Lipinski definition) is 3. The molecule has 2 aromatic heterocycles. The van der Waals surface area contributed by atoms with Crippen molar-refractivity contribution < 1.29 is 8.83 Å². The zero-order chi connectivity index (χ0) is 32.0. The van der Waals surface area contributed by atoms with E-state index in [1.807, 2.05) is 18.2 Å². The Hall–Kier alpha value is -6.06. The van der Waals surface area contributed by atoms with Gasteiger partial charge in [0.1, 0.15) is 16.7 Å². The maximum atomic E-state index is 6.74. The molecule has 48 heavy (non-hydrogen) atoms. The molecule has 0 radical (unpaired) electrons. The van der Waals surface area contributed by atoms with Crippen molar-refractivity contribution in [3.63, 3.8) is 0 Å². The first kappa shape index (κ1) is 27.1. The summed E-state index contributed by atoms with van der Waals surface area (Å²) in [5.41, 5.74) is 14.0. The number of para-hydroxylation sites is 4. The largest absolute Gasteiger partial charge is 0.456 e. The summed E-state index contributed by atoms with van der Waals surface area (Å²) in [6.45, 7) is 4.68. The zero-order valence-electron chi connectivity index (χ0n) is 26.7. The summed E-state index contributed by atoms with van der Waals surface area (Å²) in [4.78, 5) is 2.43. The van der Waals surface area contributed by atoms with Gasteiger partial charge in [0.15, 0.2) is 5.58 Å². The van der Waals surface area contributed by atoms with Crippen LogP contribution in [0.25, 0.3) is 66.1 Å². The molecule has 0 saturated carbocycles. The fraction of sp³-hybridized carbons (Fsp3) is 0.0667. The Morgan fingerprint density at radius 3 is 1.85 bits per heavy atom. The van der Waals surface area contributed by atoms with Gasteiger partial charge in [-0.25, -0.2) is 0 Å². The molecule has 0 saturated heterocycles. The summed E-state index contributed by atoms with van der Waals surface area (Å²) in [6, 6.07) is 53.9. The minimum absolute atomic E-state index is 0.139. The molecule has 0 spiro atoms. The summed E-state index contributed by atoms with van der Waals surface area (Å²) >= 11 is 0. The summed E-state index contributed by atoms with van der Waals surface area (Å²) < 4.78 is 13.1. The number of hydrogen-bond donors (Lipinski definition) is 0. The van der Waals surface area contributed by atoms with Crippen LogP contribution in [0.5, 0.6) is 0 Å². The van der Waals surface area contributed by atoms with Crippen molar-refractivity contribution in [3.05, 3.63) is 163 Å². The van der Waals surface area contributed by atoms with Crippen LogP contribution < -0.4 is 4.90 Å². The lowest BCUT2D eigenvalue weighted by Gasteiger charge is -2.30. The van der Waals surface area contributed by atoms with Crippen LogP contribution in [-0.4, -0.2) is 0 Å². The summed E-state index contributed by atoms with van der Waals surface area (Å²) in [5.74, 6) is 0. The van der Waals surface area contributed by atoms with Gasteiger partial charge in [-0.3, -0.25) is 0 Å². The second-order valence-corrected chi connectivity index (χ2v) is 13.3. The molecule has 3 heteroatoms. The number of fused-ring (bicyclic) bond motifs is 9. The quantitative estimate of drug-likeness (QED) is 0.197. The minimum Gasteiger partial charge on any atom is -0.456 e. The molecule has 2 heterocycles. The van der Waals surface area contributed by atoms with Crippen molar-refractivity contribution in [3.8, 4) is 22.3 Å². The molecule has 0 amide bonds. The molecule has 3 nitrogen and oxygen atoms in total. The molecule has 1 aliphatic carbocycles. The van der Waals surface area contributed by atoms with Crippen molar-refractivity contribution in [1.29, 1.82) is 0 Å². The Morgan fingerprint density at radius 2 is 0.979 bits per heavy atom. The van der Waals surface area contributed by atoms with Crippen molar-refractivity contribution in [2.75, 3.05) is 4.90 Å². The van der Waals surface area contributed by atoms with Crippen LogP contribution in [0.4, 0.5) is 17.1 Å². The van der Waals surface area contributed by atoms with Gasteiger partial charge in [0, 0.05) is 38.1 Å². The van der Waals surface area contributed by atoms with E-state index in [-0.39, 0.29) is 5.41 Å². The van der Waals surface area contributed by atoms with Crippen LogP contribution in [0.2, 0.25) is 0 Å². The van der Waals surface area contributed by atoms with Gasteiger partial charge < -0.3 is 13.7 Å². The topological polar surface area (TPSA) is 29.5 Å². The van der Waals surface area contributed by atoms with Crippen LogP contribution in [0.1, 0.15) is 25.0 Å². The highest BCUT2D eigenvalue weighted by molar-refractivity contribution is 6.15. The van der Waals surface area contributed by atoms with Gasteiger partial charge in [0.2, 0.25) is 0 Å². The van der Waals surface area contributed by atoms with Gasteiger partial charge in [0.25, 0.3) is 0 Å². The third kappa shape index (κ3) is 3.70. The van der Waals surface area contributed by atoms with Crippen molar-refractivity contribution in [2.45, 2.75) is 19.3 Å². The molecule has 10 rings (SSSR count). The average Bonchev–Trinajstić information content (AvgIpc) is 3.78. The third-order valence-corrected chi connectivity index (χ3v) is 10.3. The molecule has 7 aromatic carbocycles. The van der Waals surface area contributed by atoms with E-state index < -0.39 is 0 Å². The Labute approximate surface area is 278 Å². The molecular weight excluding hydrogens is 587 g/mol. The monoisotopic (exact) mass is 617 g/mol. The number of rotatable bonds is 4. The van der Waals surface area contributed by atoms with E-state index in [4.69, 9.17) is 8.83 Å². The van der Waals surface area contributed by atoms with E-state index in [1.165, 1.54) is 22.3 Å². The van der Waals surface area contributed by atoms with Crippen LogP contribution in [0.15, 0.2) is 160 Å². The first-order chi connectivity index (χ1) is 23.6. The molecule has 9 aromatic rings. The van der Waals surface area contributed by atoms with E-state index in [2.05, 4.69) is 152 Å². The molecule has 0 fully saturated rings. The fourth-order valence-corrected chi connectivity index (χ4v) is 8.11. The van der Waals surface area contributed by atoms with Gasteiger partial charge in [-0.1, -0.05) is 129 Å².